The Morgan fingerprint density at radius 3 is 2.41 bits per heavy atom. The monoisotopic (exact) mass is 431 g/mol. The number of aromatic hydroxyl groups is 1. The summed E-state index contributed by atoms with van der Waals surface area (Å²) in [5.41, 5.74) is 4.48. The van der Waals surface area contributed by atoms with Gasteiger partial charge in [0, 0.05) is 5.56 Å². The van der Waals surface area contributed by atoms with E-state index < -0.39 is 6.04 Å². The number of rotatable bonds is 9. The third-order valence-corrected chi connectivity index (χ3v) is 4.62. The zero-order valence-corrected chi connectivity index (χ0v) is 17.7. The molecular weight excluding hydrogens is 406 g/mol. The molecule has 0 heterocycles. The van der Waals surface area contributed by atoms with Crippen LogP contribution < -0.4 is 15.5 Å². The first kappa shape index (κ1) is 22.6. The van der Waals surface area contributed by atoms with Crippen LogP contribution in [-0.2, 0) is 4.79 Å². The van der Waals surface area contributed by atoms with Gasteiger partial charge in [0.25, 0.3) is 5.91 Å². The lowest BCUT2D eigenvalue weighted by Gasteiger charge is -2.18. The smallest absolute Gasteiger partial charge is 0.251 e. The third kappa shape index (κ3) is 6.43. The van der Waals surface area contributed by atoms with Gasteiger partial charge in [0.1, 0.15) is 0 Å². The van der Waals surface area contributed by atoms with Gasteiger partial charge in [0.15, 0.2) is 11.5 Å². The van der Waals surface area contributed by atoms with Crippen LogP contribution in [0.2, 0.25) is 0 Å². The van der Waals surface area contributed by atoms with Gasteiger partial charge in [0.2, 0.25) is 5.91 Å². The topological polar surface area (TPSA) is 100 Å². The molecule has 7 heteroatoms. The molecule has 0 saturated carbocycles. The SMILES string of the molecule is CCOc1cc(/C=N\NC(=O)C[C@@H](NC(=O)c2ccccc2)c2ccccc2)ccc1O. The van der Waals surface area contributed by atoms with E-state index in [2.05, 4.69) is 15.8 Å². The van der Waals surface area contributed by atoms with Crippen LogP contribution >= 0.6 is 0 Å². The molecule has 0 aliphatic heterocycles. The molecule has 2 amide bonds. The Morgan fingerprint density at radius 2 is 1.72 bits per heavy atom. The predicted molar refractivity (Wildman–Crippen MR) is 123 cm³/mol. The van der Waals surface area contributed by atoms with Crippen LogP contribution in [0.15, 0.2) is 84.0 Å². The molecule has 3 N–H and O–H groups in total. The number of benzene rings is 3. The quantitative estimate of drug-likeness (QED) is 0.354. The maximum absolute atomic E-state index is 12.6. The molecule has 32 heavy (non-hydrogen) atoms. The van der Waals surface area contributed by atoms with Gasteiger partial charge < -0.3 is 15.2 Å². The van der Waals surface area contributed by atoms with Crippen LogP contribution in [0.4, 0.5) is 0 Å². The van der Waals surface area contributed by atoms with Crippen LogP contribution in [0.1, 0.15) is 40.9 Å². The van der Waals surface area contributed by atoms with Crippen LogP contribution in [0, 0.1) is 0 Å². The minimum atomic E-state index is -0.516. The van der Waals surface area contributed by atoms with E-state index in [0.29, 0.717) is 23.5 Å². The van der Waals surface area contributed by atoms with Crippen LogP contribution in [0.3, 0.4) is 0 Å². The van der Waals surface area contributed by atoms with E-state index >= 15 is 0 Å². The van der Waals surface area contributed by atoms with Crippen LogP contribution in [0.5, 0.6) is 11.5 Å². The second-order valence-electron chi connectivity index (χ2n) is 6.96. The Balaban J connectivity index is 1.65. The molecule has 0 bridgehead atoms. The van der Waals surface area contributed by atoms with E-state index in [9.17, 15) is 14.7 Å². The van der Waals surface area contributed by atoms with Gasteiger partial charge in [-0.2, -0.15) is 5.10 Å². The van der Waals surface area contributed by atoms with Gasteiger partial charge in [-0.15, -0.1) is 0 Å². The van der Waals surface area contributed by atoms with E-state index in [1.54, 1.807) is 36.4 Å². The van der Waals surface area contributed by atoms with Crippen molar-refractivity contribution in [2.24, 2.45) is 5.10 Å². The fourth-order valence-corrected chi connectivity index (χ4v) is 3.06. The molecule has 3 aromatic rings. The lowest BCUT2D eigenvalue weighted by Crippen LogP contribution is -2.32. The molecule has 0 fully saturated rings. The van der Waals surface area contributed by atoms with Gasteiger partial charge in [-0.25, -0.2) is 5.43 Å². The molecule has 0 radical (unpaired) electrons. The molecule has 0 unspecified atom stereocenters. The fourth-order valence-electron chi connectivity index (χ4n) is 3.06. The number of carbonyl (C=O) groups is 2. The highest BCUT2D eigenvalue weighted by molar-refractivity contribution is 5.94. The molecule has 3 rings (SSSR count). The standard InChI is InChI=1S/C25H25N3O4/c1-2-32-23-15-18(13-14-22(23)29)17-26-28-24(30)16-21(19-9-5-3-6-10-19)27-25(31)20-11-7-4-8-12-20/h3-15,17,21,29H,2,16H2,1H3,(H,27,31)(H,28,30)/b26-17-/t21-/m1/s1. The molecule has 0 spiro atoms. The van der Waals surface area contributed by atoms with Gasteiger partial charge >= 0.3 is 0 Å². The summed E-state index contributed by atoms with van der Waals surface area (Å²) >= 11 is 0. The van der Waals surface area contributed by atoms with Gasteiger partial charge in [-0.3, -0.25) is 9.59 Å². The Bertz CT molecular complexity index is 1070. The van der Waals surface area contributed by atoms with E-state index in [1.165, 1.54) is 12.3 Å². The molecule has 3 aromatic carbocycles. The number of phenols is 1. The number of carbonyl (C=O) groups excluding carboxylic acids is 2. The van der Waals surface area contributed by atoms with Crippen molar-refractivity contribution in [1.29, 1.82) is 0 Å². The van der Waals surface area contributed by atoms with Crippen LogP contribution in [-0.4, -0.2) is 29.7 Å². The summed E-state index contributed by atoms with van der Waals surface area (Å²) < 4.78 is 5.34. The van der Waals surface area contributed by atoms with E-state index in [-0.39, 0.29) is 24.0 Å². The summed E-state index contributed by atoms with van der Waals surface area (Å²) in [5, 5.41) is 16.7. The number of amides is 2. The average molecular weight is 431 g/mol. The molecule has 164 valence electrons. The van der Waals surface area contributed by atoms with Crippen LogP contribution in [0.25, 0.3) is 0 Å². The summed E-state index contributed by atoms with van der Waals surface area (Å²) in [6.07, 6.45) is 1.47. The minimum absolute atomic E-state index is 0.0136. The number of phenolic OH excluding ortho intramolecular Hbond substituents is 1. The molecule has 0 aliphatic carbocycles. The Hall–Kier alpha value is -4.13. The van der Waals surface area contributed by atoms with E-state index in [4.69, 9.17) is 4.74 Å². The number of hydrogen-bond acceptors (Lipinski definition) is 5. The van der Waals surface area contributed by atoms with Crippen molar-refractivity contribution >= 4 is 18.0 Å². The van der Waals surface area contributed by atoms with E-state index in [0.717, 1.165) is 5.56 Å². The Kier molecular flexibility index (Phi) is 7.97. The highest BCUT2D eigenvalue weighted by atomic mass is 16.5. The Morgan fingerprint density at radius 1 is 1.03 bits per heavy atom. The zero-order valence-electron chi connectivity index (χ0n) is 17.7. The first-order valence-corrected chi connectivity index (χ1v) is 10.3. The van der Waals surface area contributed by atoms with Gasteiger partial charge in [0.05, 0.1) is 25.3 Å². The van der Waals surface area contributed by atoms with E-state index in [1.807, 2.05) is 43.3 Å². The zero-order chi connectivity index (χ0) is 22.8. The second-order valence-corrected chi connectivity index (χ2v) is 6.96. The normalized spacial score (nSPS) is 11.7. The van der Waals surface area contributed by atoms with Gasteiger partial charge in [-0.05, 0) is 48.4 Å². The summed E-state index contributed by atoms with van der Waals surface area (Å²) in [4.78, 5) is 25.1. The molecule has 7 nitrogen and oxygen atoms in total. The average Bonchev–Trinajstić information content (AvgIpc) is 2.82. The first-order valence-electron chi connectivity index (χ1n) is 10.3. The highest BCUT2D eigenvalue weighted by Gasteiger charge is 2.19. The third-order valence-electron chi connectivity index (χ3n) is 4.62. The van der Waals surface area contributed by atoms with Crippen molar-refractivity contribution < 1.29 is 19.4 Å². The number of hydrazone groups is 1. The summed E-state index contributed by atoms with van der Waals surface area (Å²) in [7, 11) is 0. The van der Waals surface area contributed by atoms with Crippen molar-refractivity contribution in [3.05, 3.63) is 95.6 Å². The van der Waals surface area contributed by atoms with Gasteiger partial charge in [-0.1, -0.05) is 48.5 Å². The number of ether oxygens (including phenoxy) is 1. The van der Waals surface area contributed by atoms with Crippen molar-refractivity contribution in [2.75, 3.05) is 6.61 Å². The molecule has 0 aliphatic rings. The second kappa shape index (κ2) is 11.3. The van der Waals surface area contributed by atoms with Crippen molar-refractivity contribution in [2.45, 2.75) is 19.4 Å². The molecular formula is C25H25N3O4. The summed E-state index contributed by atoms with van der Waals surface area (Å²) in [5.74, 6) is -0.237. The highest BCUT2D eigenvalue weighted by Crippen LogP contribution is 2.26. The lowest BCUT2D eigenvalue weighted by atomic mass is 10.0. The molecule has 1 atom stereocenters. The van der Waals surface area contributed by atoms with Crippen molar-refractivity contribution in [1.82, 2.24) is 10.7 Å². The number of nitrogens with one attached hydrogen (secondary N) is 2. The minimum Gasteiger partial charge on any atom is -0.504 e. The maximum Gasteiger partial charge on any atom is 0.251 e. The lowest BCUT2D eigenvalue weighted by molar-refractivity contribution is -0.121. The summed E-state index contributed by atoms with van der Waals surface area (Å²) in [6, 6.07) is 22.4. The van der Waals surface area contributed by atoms with Crippen molar-refractivity contribution in [3.8, 4) is 11.5 Å². The fraction of sp³-hybridized carbons (Fsp3) is 0.160. The number of nitrogens with zero attached hydrogens (tertiary/aromatic N) is 1. The molecule has 0 saturated heterocycles. The van der Waals surface area contributed by atoms with Crippen molar-refractivity contribution in [3.63, 3.8) is 0 Å². The predicted octanol–water partition coefficient (Wildman–Crippen LogP) is 3.80. The largest absolute Gasteiger partial charge is 0.504 e. The number of hydrogen-bond donors (Lipinski definition) is 3. The maximum atomic E-state index is 12.6. The first-order chi connectivity index (χ1) is 15.6. The molecule has 0 aromatic heterocycles. The Labute approximate surface area is 186 Å². The summed E-state index contributed by atoms with van der Waals surface area (Å²) in [6.45, 7) is 2.24.